The van der Waals surface area contributed by atoms with Crippen LogP contribution < -0.4 is 15.4 Å². The summed E-state index contributed by atoms with van der Waals surface area (Å²) >= 11 is 0. The number of rotatable bonds is 6. The number of benzene rings is 1. The van der Waals surface area contributed by atoms with E-state index in [1.54, 1.807) is 0 Å². The molecule has 5 heteroatoms. The lowest BCUT2D eigenvalue weighted by Crippen LogP contribution is -2.13. The molecule has 0 spiro atoms. The SMILES string of the molecule is Cc1cc(Nc2ccc(OC(C)C)cc2)nc(NC(C)C)n1. The minimum Gasteiger partial charge on any atom is -0.491 e. The normalized spacial score (nSPS) is 10.9. The summed E-state index contributed by atoms with van der Waals surface area (Å²) in [5.41, 5.74) is 1.88. The molecular formula is C17H24N4O. The Morgan fingerprint density at radius 2 is 1.68 bits per heavy atom. The largest absolute Gasteiger partial charge is 0.491 e. The van der Waals surface area contributed by atoms with Crippen LogP contribution in [-0.4, -0.2) is 22.1 Å². The highest BCUT2D eigenvalue weighted by molar-refractivity contribution is 5.58. The van der Waals surface area contributed by atoms with Crippen molar-refractivity contribution in [3.8, 4) is 5.75 Å². The second kappa shape index (κ2) is 7.11. The first kappa shape index (κ1) is 16.1. The molecule has 0 saturated heterocycles. The van der Waals surface area contributed by atoms with Crippen LogP contribution in [0, 0.1) is 6.92 Å². The van der Waals surface area contributed by atoms with Gasteiger partial charge in [-0.3, -0.25) is 0 Å². The van der Waals surface area contributed by atoms with Crippen molar-refractivity contribution in [2.24, 2.45) is 0 Å². The third-order valence-corrected chi connectivity index (χ3v) is 2.77. The Balaban J connectivity index is 2.11. The van der Waals surface area contributed by atoms with Crippen molar-refractivity contribution in [3.05, 3.63) is 36.0 Å². The minimum atomic E-state index is 0.174. The number of nitrogens with zero attached hydrogens (tertiary/aromatic N) is 2. The molecule has 0 atom stereocenters. The summed E-state index contributed by atoms with van der Waals surface area (Å²) in [6, 6.07) is 10.1. The number of nitrogens with one attached hydrogen (secondary N) is 2. The molecule has 0 radical (unpaired) electrons. The number of anilines is 3. The Morgan fingerprint density at radius 1 is 1.00 bits per heavy atom. The minimum absolute atomic E-state index is 0.174. The summed E-state index contributed by atoms with van der Waals surface area (Å²) in [5.74, 6) is 2.27. The van der Waals surface area contributed by atoms with Crippen molar-refractivity contribution in [3.63, 3.8) is 0 Å². The van der Waals surface area contributed by atoms with Gasteiger partial charge in [-0.2, -0.15) is 4.98 Å². The Hall–Kier alpha value is -2.30. The third-order valence-electron chi connectivity index (χ3n) is 2.77. The van der Waals surface area contributed by atoms with Crippen molar-refractivity contribution >= 4 is 17.5 Å². The molecule has 0 bridgehead atoms. The first-order valence-corrected chi connectivity index (χ1v) is 7.58. The Labute approximate surface area is 132 Å². The van der Waals surface area contributed by atoms with Crippen molar-refractivity contribution in [2.45, 2.75) is 46.8 Å². The van der Waals surface area contributed by atoms with E-state index < -0.39 is 0 Å². The lowest BCUT2D eigenvalue weighted by Gasteiger charge is -2.13. The van der Waals surface area contributed by atoms with Gasteiger partial charge >= 0.3 is 0 Å². The smallest absolute Gasteiger partial charge is 0.225 e. The second-order valence-electron chi connectivity index (χ2n) is 5.83. The molecule has 0 saturated carbocycles. The fourth-order valence-electron chi connectivity index (χ4n) is 1.99. The Bertz CT molecular complexity index is 609. The highest BCUT2D eigenvalue weighted by atomic mass is 16.5. The first-order chi connectivity index (χ1) is 10.4. The van der Waals surface area contributed by atoms with Crippen LogP contribution in [0.25, 0.3) is 0 Å². The fraction of sp³-hybridized carbons (Fsp3) is 0.412. The number of hydrogen-bond acceptors (Lipinski definition) is 5. The topological polar surface area (TPSA) is 59.1 Å². The molecule has 2 aromatic rings. The van der Waals surface area contributed by atoms with E-state index in [9.17, 15) is 0 Å². The van der Waals surface area contributed by atoms with Crippen LogP contribution in [0.1, 0.15) is 33.4 Å². The van der Waals surface area contributed by atoms with Crippen LogP contribution in [0.4, 0.5) is 17.5 Å². The van der Waals surface area contributed by atoms with Gasteiger partial charge in [0.05, 0.1) is 6.10 Å². The zero-order chi connectivity index (χ0) is 16.1. The maximum absolute atomic E-state index is 5.64. The standard InChI is InChI=1S/C17H24N4O/c1-11(2)18-17-19-13(5)10-16(21-17)20-14-6-8-15(9-7-14)22-12(3)4/h6-12H,1-5H3,(H2,18,19,20,21). The molecule has 2 N–H and O–H groups in total. The molecule has 1 aromatic carbocycles. The van der Waals surface area contributed by atoms with Gasteiger partial charge in [0.1, 0.15) is 11.6 Å². The van der Waals surface area contributed by atoms with Gasteiger partial charge in [0.15, 0.2) is 0 Å². The van der Waals surface area contributed by atoms with Gasteiger partial charge in [-0.05, 0) is 58.9 Å². The predicted molar refractivity (Wildman–Crippen MR) is 91.0 cm³/mol. The number of hydrogen-bond donors (Lipinski definition) is 2. The maximum atomic E-state index is 5.64. The van der Waals surface area contributed by atoms with Crippen LogP contribution in [0.3, 0.4) is 0 Å². The van der Waals surface area contributed by atoms with E-state index in [1.165, 1.54) is 0 Å². The Kier molecular flexibility index (Phi) is 5.20. The summed E-state index contributed by atoms with van der Waals surface area (Å²) in [6.45, 7) is 10.1. The highest BCUT2D eigenvalue weighted by Gasteiger charge is 2.04. The van der Waals surface area contributed by atoms with Crippen LogP contribution in [0.5, 0.6) is 5.75 Å². The lowest BCUT2D eigenvalue weighted by atomic mass is 10.3. The van der Waals surface area contributed by atoms with E-state index >= 15 is 0 Å². The van der Waals surface area contributed by atoms with Crippen molar-refractivity contribution in [2.75, 3.05) is 10.6 Å². The van der Waals surface area contributed by atoms with Gasteiger partial charge < -0.3 is 15.4 Å². The molecule has 0 amide bonds. The molecular weight excluding hydrogens is 276 g/mol. The van der Waals surface area contributed by atoms with Gasteiger partial charge in [-0.25, -0.2) is 4.98 Å². The Morgan fingerprint density at radius 3 is 2.27 bits per heavy atom. The summed E-state index contributed by atoms with van der Waals surface area (Å²) in [7, 11) is 0. The monoisotopic (exact) mass is 300 g/mol. The highest BCUT2D eigenvalue weighted by Crippen LogP contribution is 2.21. The van der Waals surface area contributed by atoms with E-state index in [1.807, 2.05) is 51.1 Å². The van der Waals surface area contributed by atoms with Crippen molar-refractivity contribution in [1.29, 1.82) is 0 Å². The summed E-state index contributed by atoms with van der Waals surface area (Å²) in [4.78, 5) is 8.86. The molecule has 0 fully saturated rings. The van der Waals surface area contributed by atoms with Gasteiger partial charge in [0.2, 0.25) is 5.95 Å². The molecule has 1 aromatic heterocycles. The van der Waals surface area contributed by atoms with Gasteiger partial charge in [-0.1, -0.05) is 0 Å². The molecule has 0 unspecified atom stereocenters. The molecule has 5 nitrogen and oxygen atoms in total. The molecule has 2 rings (SSSR count). The number of ether oxygens (including phenoxy) is 1. The maximum Gasteiger partial charge on any atom is 0.225 e. The summed E-state index contributed by atoms with van der Waals surface area (Å²) in [6.07, 6.45) is 0.174. The third kappa shape index (κ3) is 4.91. The van der Waals surface area contributed by atoms with Crippen LogP contribution in [0.15, 0.2) is 30.3 Å². The first-order valence-electron chi connectivity index (χ1n) is 7.58. The van der Waals surface area contributed by atoms with Crippen LogP contribution >= 0.6 is 0 Å². The van der Waals surface area contributed by atoms with Gasteiger partial charge in [0.25, 0.3) is 0 Å². The summed E-state index contributed by atoms with van der Waals surface area (Å²) in [5, 5.41) is 6.51. The van der Waals surface area contributed by atoms with E-state index in [4.69, 9.17) is 4.74 Å². The zero-order valence-electron chi connectivity index (χ0n) is 13.8. The van der Waals surface area contributed by atoms with Crippen molar-refractivity contribution < 1.29 is 4.74 Å². The quantitative estimate of drug-likeness (QED) is 0.839. The van der Waals surface area contributed by atoms with E-state index in [-0.39, 0.29) is 6.10 Å². The number of aromatic nitrogens is 2. The van der Waals surface area contributed by atoms with E-state index in [2.05, 4.69) is 34.4 Å². The van der Waals surface area contributed by atoms with E-state index in [0.29, 0.717) is 12.0 Å². The molecule has 0 aliphatic rings. The lowest BCUT2D eigenvalue weighted by molar-refractivity contribution is 0.242. The van der Waals surface area contributed by atoms with E-state index in [0.717, 1.165) is 22.9 Å². The molecule has 22 heavy (non-hydrogen) atoms. The number of aryl methyl sites for hydroxylation is 1. The predicted octanol–water partition coefficient (Wildman–Crippen LogP) is 4.14. The molecule has 0 aliphatic carbocycles. The van der Waals surface area contributed by atoms with Crippen molar-refractivity contribution in [1.82, 2.24) is 9.97 Å². The molecule has 0 aliphatic heterocycles. The molecule has 118 valence electrons. The fourth-order valence-corrected chi connectivity index (χ4v) is 1.99. The van der Waals surface area contributed by atoms with Crippen LogP contribution in [0.2, 0.25) is 0 Å². The molecule has 1 heterocycles. The average molecular weight is 300 g/mol. The van der Waals surface area contributed by atoms with Gasteiger partial charge in [-0.15, -0.1) is 0 Å². The zero-order valence-corrected chi connectivity index (χ0v) is 13.8. The summed E-state index contributed by atoms with van der Waals surface area (Å²) < 4.78 is 5.64. The van der Waals surface area contributed by atoms with Crippen LogP contribution in [-0.2, 0) is 0 Å². The average Bonchev–Trinajstić information content (AvgIpc) is 2.39. The van der Waals surface area contributed by atoms with Gasteiger partial charge in [0, 0.05) is 23.5 Å². The second-order valence-corrected chi connectivity index (χ2v) is 5.83.